The summed E-state index contributed by atoms with van der Waals surface area (Å²) < 4.78 is 7.13. The number of anilines is 2. The van der Waals surface area contributed by atoms with E-state index in [0.717, 1.165) is 21.8 Å². The minimum absolute atomic E-state index is 0.190. The van der Waals surface area contributed by atoms with Crippen molar-refractivity contribution in [1.82, 2.24) is 14.5 Å². The highest BCUT2D eigenvalue weighted by Crippen LogP contribution is 2.29. The molecule has 0 unspecified atom stereocenters. The lowest BCUT2D eigenvalue weighted by Gasteiger charge is -2.06. The van der Waals surface area contributed by atoms with Crippen molar-refractivity contribution in [2.75, 3.05) is 18.6 Å². The second kappa shape index (κ2) is 3.85. The van der Waals surface area contributed by atoms with Crippen LogP contribution in [-0.2, 0) is 11.5 Å². The smallest absolute Gasteiger partial charge is 0.222 e. The van der Waals surface area contributed by atoms with Gasteiger partial charge in [-0.05, 0) is 18.2 Å². The summed E-state index contributed by atoms with van der Waals surface area (Å²) in [5.74, 6) is 0.592. The SMILES string of the molecule is COCn1ccc2c3c(N)nc(N)nc3ccc21. The molecule has 0 saturated carbocycles. The molecule has 18 heavy (non-hydrogen) atoms. The number of benzene rings is 1. The highest BCUT2D eigenvalue weighted by Gasteiger charge is 2.10. The van der Waals surface area contributed by atoms with Gasteiger partial charge in [-0.25, -0.2) is 4.98 Å². The van der Waals surface area contributed by atoms with Gasteiger partial charge in [0.2, 0.25) is 5.95 Å². The molecule has 92 valence electrons. The van der Waals surface area contributed by atoms with Crippen molar-refractivity contribution < 1.29 is 4.74 Å². The Morgan fingerprint density at radius 3 is 2.83 bits per heavy atom. The Morgan fingerprint density at radius 1 is 1.22 bits per heavy atom. The van der Waals surface area contributed by atoms with E-state index in [-0.39, 0.29) is 5.95 Å². The van der Waals surface area contributed by atoms with E-state index < -0.39 is 0 Å². The van der Waals surface area contributed by atoms with Crippen molar-refractivity contribution in [3.05, 3.63) is 24.4 Å². The molecule has 0 atom stereocenters. The van der Waals surface area contributed by atoms with Crippen molar-refractivity contribution in [2.24, 2.45) is 0 Å². The Kier molecular flexibility index (Phi) is 2.31. The van der Waals surface area contributed by atoms with Crippen LogP contribution in [0.3, 0.4) is 0 Å². The number of hydrogen-bond acceptors (Lipinski definition) is 5. The van der Waals surface area contributed by atoms with E-state index >= 15 is 0 Å². The summed E-state index contributed by atoms with van der Waals surface area (Å²) in [4.78, 5) is 8.20. The van der Waals surface area contributed by atoms with Gasteiger partial charge in [-0.2, -0.15) is 4.98 Å². The van der Waals surface area contributed by atoms with Crippen LogP contribution in [0.15, 0.2) is 24.4 Å². The molecular weight excluding hydrogens is 230 g/mol. The molecular formula is C12H13N5O. The Labute approximate surface area is 103 Å². The van der Waals surface area contributed by atoms with Gasteiger partial charge in [0.1, 0.15) is 12.5 Å². The van der Waals surface area contributed by atoms with Crippen molar-refractivity contribution in [3.8, 4) is 0 Å². The molecule has 6 nitrogen and oxygen atoms in total. The summed E-state index contributed by atoms with van der Waals surface area (Å²) >= 11 is 0. The molecule has 0 saturated heterocycles. The highest BCUT2D eigenvalue weighted by atomic mass is 16.5. The van der Waals surface area contributed by atoms with Crippen LogP contribution in [0.4, 0.5) is 11.8 Å². The third-order valence-corrected chi connectivity index (χ3v) is 2.93. The fourth-order valence-electron chi connectivity index (χ4n) is 2.20. The highest BCUT2D eigenvalue weighted by molar-refractivity contribution is 6.10. The maximum absolute atomic E-state index is 5.93. The summed E-state index contributed by atoms with van der Waals surface area (Å²) in [7, 11) is 1.66. The first-order valence-corrected chi connectivity index (χ1v) is 5.50. The number of rotatable bonds is 2. The van der Waals surface area contributed by atoms with E-state index in [1.807, 2.05) is 29.0 Å². The van der Waals surface area contributed by atoms with Gasteiger partial charge in [-0.3, -0.25) is 0 Å². The predicted molar refractivity (Wildman–Crippen MR) is 70.9 cm³/mol. The standard InChI is InChI=1S/C12H13N5O/c1-18-6-17-5-4-7-9(17)3-2-8-10(7)11(13)16-12(14)15-8/h2-5H,6H2,1H3,(H4,13,14,15,16). The van der Waals surface area contributed by atoms with Crippen molar-refractivity contribution in [2.45, 2.75) is 6.73 Å². The molecule has 1 aromatic carbocycles. The Bertz CT molecular complexity index is 734. The van der Waals surface area contributed by atoms with E-state index in [4.69, 9.17) is 16.2 Å². The Hall–Kier alpha value is -2.34. The average Bonchev–Trinajstić information content (AvgIpc) is 2.72. The molecule has 0 spiro atoms. The van der Waals surface area contributed by atoms with Gasteiger partial charge < -0.3 is 20.8 Å². The number of ether oxygens (including phenoxy) is 1. The third kappa shape index (κ3) is 1.46. The van der Waals surface area contributed by atoms with E-state index in [9.17, 15) is 0 Å². The first-order chi connectivity index (χ1) is 8.70. The van der Waals surface area contributed by atoms with Gasteiger partial charge in [-0.15, -0.1) is 0 Å². The van der Waals surface area contributed by atoms with Crippen LogP contribution in [0.2, 0.25) is 0 Å². The molecule has 2 heterocycles. The molecule has 0 fully saturated rings. The minimum Gasteiger partial charge on any atom is -0.383 e. The molecule has 3 rings (SSSR count). The second-order valence-corrected chi connectivity index (χ2v) is 4.06. The number of nitrogens with zero attached hydrogens (tertiary/aromatic N) is 3. The largest absolute Gasteiger partial charge is 0.383 e. The molecule has 2 aromatic heterocycles. The number of fused-ring (bicyclic) bond motifs is 3. The zero-order valence-electron chi connectivity index (χ0n) is 9.92. The fourth-order valence-corrected chi connectivity index (χ4v) is 2.20. The number of nitrogens with two attached hydrogens (primary N) is 2. The predicted octanol–water partition coefficient (Wildman–Crippen LogP) is 1.35. The second-order valence-electron chi connectivity index (χ2n) is 4.06. The van der Waals surface area contributed by atoms with Gasteiger partial charge in [0.05, 0.1) is 16.4 Å². The van der Waals surface area contributed by atoms with Gasteiger partial charge >= 0.3 is 0 Å². The van der Waals surface area contributed by atoms with E-state index in [1.54, 1.807) is 7.11 Å². The van der Waals surface area contributed by atoms with Crippen LogP contribution < -0.4 is 11.5 Å². The molecule has 0 aliphatic carbocycles. The Morgan fingerprint density at radius 2 is 2.06 bits per heavy atom. The van der Waals surface area contributed by atoms with Gasteiger partial charge in [0.25, 0.3) is 0 Å². The van der Waals surface area contributed by atoms with Crippen LogP contribution in [0.5, 0.6) is 0 Å². The molecule has 0 bridgehead atoms. The molecule has 0 radical (unpaired) electrons. The van der Waals surface area contributed by atoms with Gasteiger partial charge in [0, 0.05) is 18.7 Å². The number of nitrogen functional groups attached to an aromatic ring is 2. The van der Waals surface area contributed by atoms with Crippen LogP contribution >= 0.6 is 0 Å². The van der Waals surface area contributed by atoms with Crippen LogP contribution in [0.25, 0.3) is 21.8 Å². The molecule has 0 amide bonds. The first-order valence-electron chi connectivity index (χ1n) is 5.50. The zero-order valence-corrected chi connectivity index (χ0v) is 9.92. The maximum atomic E-state index is 5.93. The van der Waals surface area contributed by atoms with E-state index in [1.165, 1.54) is 0 Å². The molecule has 4 N–H and O–H groups in total. The first kappa shape index (κ1) is 10.8. The topological polar surface area (TPSA) is 92.0 Å². The van der Waals surface area contributed by atoms with Crippen molar-refractivity contribution >= 4 is 33.6 Å². The average molecular weight is 243 g/mol. The van der Waals surface area contributed by atoms with Crippen LogP contribution in [-0.4, -0.2) is 21.6 Å². The molecule has 0 aliphatic rings. The normalized spacial score (nSPS) is 11.4. The number of methoxy groups -OCH3 is 1. The summed E-state index contributed by atoms with van der Waals surface area (Å²) in [6.07, 6.45) is 1.95. The monoisotopic (exact) mass is 243 g/mol. The number of hydrogen-bond donors (Lipinski definition) is 2. The van der Waals surface area contributed by atoms with E-state index in [2.05, 4.69) is 9.97 Å². The van der Waals surface area contributed by atoms with Gasteiger partial charge in [-0.1, -0.05) is 0 Å². The third-order valence-electron chi connectivity index (χ3n) is 2.93. The summed E-state index contributed by atoms with van der Waals surface area (Å²) in [5.41, 5.74) is 13.3. The summed E-state index contributed by atoms with van der Waals surface area (Å²) in [5, 5.41) is 1.83. The van der Waals surface area contributed by atoms with Crippen LogP contribution in [0.1, 0.15) is 0 Å². The molecule has 3 aromatic rings. The van der Waals surface area contributed by atoms with Gasteiger partial charge in [0.15, 0.2) is 0 Å². The lowest BCUT2D eigenvalue weighted by Crippen LogP contribution is -2.01. The minimum atomic E-state index is 0.190. The zero-order chi connectivity index (χ0) is 12.7. The van der Waals surface area contributed by atoms with Crippen molar-refractivity contribution in [1.29, 1.82) is 0 Å². The van der Waals surface area contributed by atoms with Crippen molar-refractivity contribution in [3.63, 3.8) is 0 Å². The maximum Gasteiger partial charge on any atom is 0.222 e. The lowest BCUT2D eigenvalue weighted by atomic mass is 10.1. The number of aromatic nitrogens is 3. The molecule has 0 aliphatic heterocycles. The summed E-state index contributed by atoms with van der Waals surface area (Å²) in [6, 6.07) is 5.84. The van der Waals surface area contributed by atoms with Crippen LogP contribution in [0, 0.1) is 0 Å². The molecule has 6 heteroatoms. The lowest BCUT2D eigenvalue weighted by molar-refractivity contribution is 0.135. The Balaban J connectivity index is 2.39. The van der Waals surface area contributed by atoms with E-state index in [0.29, 0.717) is 12.5 Å². The quantitative estimate of drug-likeness (QED) is 0.708. The summed E-state index contributed by atoms with van der Waals surface area (Å²) in [6.45, 7) is 0.491. The fraction of sp³-hybridized carbons (Fsp3) is 0.167.